The maximum absolute atomic E-state index is 12.7. The van der Waals surface area contributed by atoms with Crippen molar-refractivity contribution >= 4 is 5.82 Å². The van der Waals surface area contributed by atoms with Crippen LogP contribution in [0, 0.1) is 0 Å². The van der Waals surface area contributed by atoms with E-state index in [-0.39, 0.29) is 6.61 Å². The first-order valence-electron chi connectivity index (χ1n) is 7.52. The molecule has 2 heterocycles. The number of pyridine rings is 1. The van der Waals surface area contributed by atoms with Gasteiger partial charge in [-0.15, -0.1) is 0 Å². The van der Waals surface area contributed by atoms with Crippen LogP contribution in [0.5, 0.6) is 0 Å². The summed E-state index contributed by atoms with van der Waals surface area (Å²) in [5, 5.41) is 8.86. The molecule has 1 aromatic heterocycles. The molecule has 0 saturated carbocycles. The van der Waals surface area contributed by atoms with Gasteiger partial charge >= 0.3 is 6.18 Å². The lowest BCUT2D eigenvalue weighted by molar-refractivity contribution is -0.141. The molecular formula is C15H22F3N3O. The van der Waals surface area contributed by atoms with Crippen molar-refractivity contribution in [1.29, 1.82) is 0 Å². The second-order valence-corrected chi connectivity index (χ2v) is 5.65. The largest absolute Gasteiger partial charge is 0.433 e. The van der Waals surface area contributed by atoms with E-state index in [1.165, 1.54) is 6.07 Å². The molecular weight excluding hydrogens is 295 g/mol. The Morgan fingerprint density at radius 2 is 2.00 bits per heavy atom. The molecule has 0 amide bonds. The van der Waals surface area contributed by atoms with E-state index >= 15 is 0 Å². The fourth-order valence-corrected chi connectivity index (χ4v) is 2.80. The zero-order chi connectivity index (χ0) is 16.2. The Morgan fingerprint density at radius 3 is 2.59 bits per heavy atom. The molecule has 1 aliphatic rings. The third-order valence-electron chi connectivity index (χ3n) is 4.11. The van der Waals surface area contributed by atoms with Crippen LogP contribution < -0.4 is 4.90 Å². The number of aliphatic hydroxyl groups excluding tert-OH is 1. The zero-order valence-corrected chi connectivity index (χ0v) is 12.7. The van der Waals surface area contributed by atoms with Gasteiger partial charge in [-0.1, -0.05) is 6.07 Å². The summed E-state index contributed by atoms with van der Waals surface area (Å²) < 4.78 is 38.1. The van der Waals surface area contributed by atoms with Crippen molar-refractivity contribution in [3.63, 3.8) is 0 Å². The van der Waals surface area contributed by atoms with Crippen LogP contribution in [0.25, 0.3) is 0 Å². The first-order valence-corrected chi connectivity index (χ1v) is 7.52. The molecule has 4 nitrogen and oxygen atoms in total. The summed E-state index contributed by atoms with van der Waals surface area (Å²) in [7, 11) is 2.03. The molecule has 1 fully saturated rings. The van der Waals surface area contributed by atoms with Gasteiger partial charge in [0, 0.05) is 32.3 Å². The number of hydrogen-bond donors (Lipinski definition) is 1. The van der Waals surface area contributed by atoms with E-state index in [0.29, 0.717) is 24.9 Å². The predicted molar refractivity (Wildman–Crippen MR) is 78.8 cm³/mol. The number of aromatic nitrogens is 1. The second-order valence-electron chi connectivity index (χ2n) is 5.65. The van der Waals surface area contributed by atoms with Crippen molar-refractivity contribution in [3.05, 3.63) is 23.9 Å². The monoisotopic (exact) mass is 317 g/mol. The lowest BCUT2D eigenvalue weighted by Crippen LogP contribution is -2.44. The summed E-state index contributed by atoms with van der Waals surface area (Å²) in [6.45, 7) is 2.41. The van der Waals surface area contributed by atoms with Gasteiger partial charge in [-0.25, -0.2) is 4.98 Å². The Kier molecular flexibility index (Phi) is 5.63. The Hall–Kier alpha value is -1.34. The van der Waals surface area contributed by atoms with Crippen LogP contribution in [-0.2, 0) is 6.18 Å². The van der Waals surface area contributed by atoms with Gasteiger partial charge in [-0.05, 0) is 38.4 Å². The molecule has 0 atom stereocenters. The topological polar surface area (TPSA) is 39.6 Å². The van der Waals surface area contributed by atoms with Gasteiger partial charge in [0.2, 0.25) is 0 Å². The molecule has 124 valence electrons. The molecule has 0 aromatic carbocycles. The van der Waals surface area contributed by atoms with Crippen LogP contribution >= 0.6 is 0 Å². The molecule has 7 heteroatoms. The minimum Gasteiger partial charge on any atom is -0.396 e. The van der Waals surface area contributed by atoms with Gasteiger partial charge in [0.05, 0.1) is 0 Å². The van der Waals surface area contributed by atoms with E-state index in [0.717, 1.165) is 31.9 Å². The van der Waals surface area contributed by atoms with Crippen LogP contribution in [0.2, 0.25) is 0 Å². The molecule has 1 aliphatic heterocycles. The van der Waals surface area contributed by atoms with E-state index in [1.54, 1.807) is 6.07 Å². The minimum absolute atomic E-state index is 0.178. The van der Waals surface area contributed by atoms with Crippen LogP contribution in [0.1, 0.15) is 25.0 Å². The highest BCUT2D eigenvalue weighted by Gasteiger charge is 2.33. The number of halogens is 3. The van der Waals surface area contributed by atoms with E-state index in [9.17, 15) is 13.2 Å². The summed E-state index contributed by atoms with van der Waals surface area (Å²) in [5.41, 5.74) is -0.841. The number of anilines is 1. The quantitative estimate of drug-likeness (QED) is 0.905. The molecule has 0 spiro atoms. The van der Waals surface area contributed by atoms with Crippen molar-refractivity contribution in [3.8, 4) is 0 Å². The van der Waals surface area contributed by atoms with E-state index in [2.05, 4.69) is 9.88 Å². The minimum atomic E-state index is -4.40. The maximum Gasteiger partial charge on any atom is 0.433 e. The van der Waals surface area contributed by atoms with Crippen LogP contribution in [-0.4, -0.2) is 54.3 Å². The molecule has 22 heavy (non-hydrogen) atoms. The summed E-state index contributed by atoms with van der Waals surface area (Å²) in [6.07, 6.45) is -1.88. The SMILES string of the molecule is CN(CCCO)C1CCN(c2cccc(C(F)(F)F)n2)CC1. The number of aliphatic hydroxyl groups is 1. The van der Waals surface area contributed by atoms with Crippen LogP contribution in [0.3, 0.4) is 0 Å². The molecule has 2 rings (SSSR count). The van der Waals surface area contributed by atoms with Crippen molar-refractivity contribution < 1.29 is 18.3 Å². The summed E-state index contributed by atoms with van der Waals surface area (Å²) in [5.74, 6) is 0.395. The third kappa shape index (κ3) is 4.33. The van der Waals surface area contributed by atoms with E-state index < -0.39 is 11.9 Å². The summed E-state index contributed by atoms with van der Waals surface area (Å²) >= 11 is 0. The lowest BCUT2D eigenvalue weighted by Gasteiger charge is -2.37. The van der Waals surface area contributed by atoms with Gasteiger partial charge in [0.15, 0.2) is 0 Å². The molecule has 1 saturated heterocycles. The highest BCUT2D eigenvalue weighted by Crippen LogP contribution is 2.29. The van der Waals surface area contributed by atoms with Gasteiger partial charge in [-0.2, -0.15) is 13.2 Å². The number of piperidine rings is 1. The smallest absolute Gasteiger partial charge is 0.396 e. The number of nitrogens with zero attached hydrogens (tertiary/aromatic N) is 3. The lowest BCUT2D eigenvalue weighted by atomic mass is 10.0. The maximum atomic E-state index is 12.7. The highest BCUT2D eigenvalue weighted by atomic mass is 19.4. The molecule has 0 aliphatic carbocycles. The van der Waals surface area contributed by atoms with E-state index in [1.807, 2.05) is 11.9 Å². The van der Waals surface area contributed by atoms with Crippen LogP contribution in [0.15, 0.2) is 18.2 Å². The van der Waals surface area contributed by atoms with Gasteiger partial charge < -0.3 is 14.9 Å². The standard InChI is InChI=1S/C15H22F3N3O/c1-20(8-3-11-22)12-6-9-21(10-7-12)14-5-2-4-13(19-14)15(16,17)18/h2,4-5,12,22H,3,6-11H2,1H3. The van der Waals surface area contributed by atoms with Crippen molar-refractivity contribution in [2.75, 3.05) is 38.2 Å². The van der Waals surface area contributed by atoms with Gasteiger partial charge in [0.25, 0.3) is 0 Å². The van der Waals surface area contributed by atoms with Gasteiger partial charge in [0.1, 0.15) is 11.5 Å². The molecule has 0 bridgehead atoms. The fourth-order valence-electron chi connectivity index (χ4n) is 2.80. The summed E-state index contributed by atoms with van der Waals surface area (Å²) in [4.78, 5) is 7.87. The number of hydrogen-bond acceptors (Lipinski definition) is 4. The van der Waals surface area contributed by atoms with Crippen molar-refractivity contribution in [1.82, 2.24) is 9.88 Å². The Balaban J connectivity index is 1.94. The number of alkyl halides is 3. The molecule has 1 aromatic rings. The van der Waals surface area contributed by atoms with Crippen molar-refractivity contribution in [2.45, 2.75) is 31.5 Å². The Labute approximate surface area is 128 Å². The highest BCUT2D eigenvalue weighted by molar-refractivity contribution is 5.40. The van der Waals surface area contributed by atoms with E-state index in [4.69, 9.17) is 5.11 Å². The molecule has 0 radical (unpaired) electrons. The first-order chi connectivity index (χ1) is 10.4. The fraction of sp³-hybridized carbons (Fsp3) is 0.667. The summed E-state index contributed by atoms with van der Waals surface area (Å²) in [6, 6.07) is 4.45. The zero-order valence-electron chi connectivity index (χ0n) is 12.7. The second kappa shape index (κ2) is 7.28. The predicted octanol–water partition coefficient (Wildman–Crippen LogP) is 2.38. The Bertz CT molecular complexity index is 473. The van der Waals surface area contributed by atoms with Crippen molar-refractivity contribution in [2.24, 2.45) is 0 Å². The first kappa shape index (κ1) is 17.0. The Morgan fingerprint density at radius 1 is 1.32 bits per heavy atom. The molecule has 1 N–H and O–H groups in total. The van der Waals surface area contributed by atoms with Gasteiger partial charge in [-0.3, -0.25) is 0 Å². The average Bonchev–Trinajstić information content (AvgIpc) is 2.52. The van der Waals surface area contributed by atoms with Crippen LogP contribution in [0.4, 0.5) is 19.0 Å². The molecule has 0 unspecified atom stereocenters. The number of rotatable bonds is 5. The third-order valence-corrected chi connectivity index (χ3v) is 4.11. The average molecular weight is 317 g/mol. The normalized spacial score (nSPS) is 17.3.